The second kappa shape index (κ2) is 12.1. The van der Waals surface area contributed by atoms with Crippen molar-refractivity contribution in [3.8, 4) is 11.8 Å². The molecule has 1 aromatic carbocycles. The summed E-state index contributed by atoms with van der Waals surface area (Å²) in [6, 6.07) is 8.38. The van der Waals surface area contributed by atoms with Crippen LogP contribution in [0, 0.1) is 29.1 Å². The molecule has 178 valence electrons. The molecule has 2 fully saturated rings. The average Bonchev–Trinajstić information content (AvgIpc) is 2.81. The molecule has 0 unspecified atom stereocenters. The van der Waals surface area contributed by atoms with E-state index >= 15 is 0 Å². The van der Waals surface area contributed by atoms with Gasteiger partial charge in [0.25, 0.3) is 0 Å². The minimum Gasteiger partial charge on any atom is -0.406 e. The highest BCUT2D eigenvalue weighted by molar-refractivity contribution is 5.30. The number of nitriles is 1. The van der Waals surface area contributed by atoms with Gasteiger partial charge in [0.05, 0.1) is 6.07 Å². The summed E-state index contributed by atoms with van der Waals surface area (Å²) < 4.78 is 41.0. The molecule has 0 saturated heterocycles. The fourth-order valence-corrected chi connectivity index (χ4v) is 5.50. The molecule has 3 rings (SSSR count). The SMILES string of the molecule is C=C([C@H]1CC[C@H](CC/C=C/C=C/C#N)CC1)[C@H]1CC[C@H](c2ccc(OC(F)(F)F)cc2)CC1. The van der Waals surface area contributed by atoms with E-state index in [0.29, 0.717) is 17.8 Å². The van der Waals surface area contributed by atoms with E-state index in [-0.39, 0.29) is 5.75 Å². The first-order valence-corrected chi connectivity index (χ1v) is 12.1. The van der Waals surface area contributed by atoms with Crippen LogP contribution in [-0.2, 0) is 0 Å². The first-order chi connectivity index (χ1) is 15.9. The molecule has 0 heterocycles. The van der Waals surface area contributed by atoms with Crippen LogP contribution in [0.15, 0.2) is 60.7 Å². The standard InChI is InChI=1S/C28H34F3NO/c1-21(23-10-8-22(9-11-23)7-5-3-2-4-6-20-32)24-12-14-25(15-13-24)26-16-18-27(19-17-26)33-28(29,30)31/h2-4,6,16-19,22-25H,1,5,7-15H2/b3-2+,6-4+/t22-,23-,24-,25-. The molecule has 1 aromatic rings. The normalized spacial score (nSPS) is 26.4. The molecular formula is C28H34F3NO. The molecule has 0 N–H and O–H groups in total. The zero-order valence-corrected chi connectivity index (χ0v) is 19.2. The Kier molecular flexibility index (Phi) is 9.23. The van der Waals surface area contributed by atoms with Crippen molar-refractivity contribution >= 4 is 0 Å². The van der Waals surface area contributed by atoms with Crippen LogP contribution in [0.4, 0.5) is 13.2 Å². The summed E-state index contributed by atoms with van der Waals surface area (Å²) >= 11 is 0. The maximum atomic E-state index is 12.4. The van der Waals surface area contributed by atoms with Crippen molar-refractivity contribution in [3.05, 3.63) is 66.3 Å². The Labute approximate surface area is 195 Å². The van der Waals surface area contributed by atoms with Crippen LogP contribution < -0.4 is 4.74 Å². The molecule has 2 nitrogen and oxygen atoms in total. The Morgan fingerprint density at radius 1 is 0.970 bits per heavy atom. The Bertz CT molecular complexity index is 847. The van der Waals surface area contributed by atoms with Gasteiger partial charge < -0.3 is 4.74 Å². The fraction of sp³-hybridized carbons (Fsp3) is 0.536. The largest absolute Gasteiger partial charge is 0.573 e. The highest BCUT2D eigenvalue weighted by atomic mass is 19.4. The second-order valence-electron chi connectivity index (χ2n) is 9.45. The van der Waals surface area contributed by atoms with E-state index in [2.05, 4.69) is 17.4 Å². The molecule has 0 aliphatic heterocycles. The Morgan fingerprint density at radius 3 is 2.15 bits per heavy atom. The third-order valence-electron chi connectivity index (χ3n) is 7.37. The van der Waals surface area contributed by atoms with Crippen molar-refractivity contribution in [2.45, 2.75) is 76.5 Å². The zero-order valence-electron chi connectivity index (χ0n) is 19.2. The highest BCUT2D eigenvalue weighted by Crippen LogP contribution is 2.44. The van der Waals surface area contributed by atoms with Gasteiger partial charge in [-0.1, -0.05) is 42.5 Å². The quantitative estimate of drug-likeness (QED) is 0.222. The van der Waals surface area contributed by atoms with Gasteiger partial charge >= 0.3 is 6.36 Å². The topological polar surface area (TPSA) is 33.0 Å². The van der Waals surface area contributed by atoms with Crippen LogP contribution in [0.3, 0.4) is 0 Å². The summed E-state index contributed by atoms with van der Waals surface area (Å²) in [6.07, 6.45) is 14.4. The lowest BCUT2D eigenvalue weighted by atomic mass is 9.69. The summed E-state index contributed by atoms with van der Waals surface area (Å²) in [5.74, 6) is 2.25. The molecular weight excluding hydrogens is 423 g/mol. The van der Waals surface area contributed by atoms with Crippen LogP contribution in [0.5, 0.6) is 5.75 Å². The van der Waals surface area contributed by atoms with E-state index in [9.17, 15) is 13.2 Å². The predicted molar refractivity (Wildman–Crippen MR) is 126 cm³/mol. The third kappa shape index (κ3) is 8.11. The molecule has 0 atom stereocenters. The van der Waals surface area contributed by atoms with E-state index in [0.717, 1.165) is 43.6 Å². The molecule has 0 amide bonds. The molecule has 0 spiro atoms. The van der Waals surface area contributed by atoms with Crippen LogP contribution in [0.1, 0.15) is 75.7 Å². The molecule has 2 aliphatic carbocycles. The number of ether oxygens (including phenoxy) is 1. The van der Waals surface area contributed by atoms with E-state index in [1.165, 1.54) is 55.9 Å². The van der Waals surface area contributed by atoms with Crippen molar-refractivity contribution in [2.24, 2.45) is 17.8 Å². The number of alkyl halides is 3. The smallest absolute Gasteiger partial charge is 0.406 e. The van der Waals surface area contributed by atoms with Crippen LogP contribution in [0.2, 0.25) is 0 Å². The lowest BCUT2D eigenvalue weighted by Gasteiger charge is -2.36. The summed E-state index contributed by atoms with van der Waals surface area (Å²) in [4.78, 5) is 0. The number of nitrogens with zero attached hydrogens (tertiary/aromatic N) is 1. The lowest BCUT2D eigenvalue weighted by Crippen LogP contribution is -2.22. The van der Waals surface area contributed by atoms with Crippen LogP contribution >= 0.6 is 0 Å². The molecule has 2 aliphatic rings. The summed E-state index contributed by atoms with van der Waals surface area (Å²) in [7, 11) is 0. The fourth-order valence-electron chi connectivity index (χ4n) is 5.50. The second-order valence-corrected chi connectivity index (χ2v) is 9.45. The third-order valence-corrected chi connectivity index (χ3v) is 7.37. The first-order valence-electron chi connectivity index (χ1n) is 12.1. The number of benzene rings is 1. The minimum absolute atomic E-state index is 0.157. The molecule has 0 aromatic heterocycles. The van der Waals surface area contributed by atoms with Gasteiger partial charge in [0.2, 0.25) is 0 Å². The lowest BCUT2D eigenvalue weighted by molar-refractivity contribution is -0.274. The summed E-state index contributed by atoms with van der Waals surface area (Å²) in [5, 5.41) is 8.48. The summed E-state index contributed by atoms with van der Waals surface area (Å²) in [6.45, 7) is 4.51. The van der Waals surface area contributed by atoms with Gasteiger partial charge in [0.1, 0.15) is 5.75 Å². The van der Waals surface area contributed by atoms with Gasteiger partial charge in [-0.2, -0.15) is 5.26 Å². The molecule has 0 radical (unpaired) electrons. The van der Waals surface area contributed by atoms with Gasteiger partial charge in [0.15, 0.2) is 0 Å². The zero-order chi connectivity index (χ0) is 23.7. The Morgan fingerprint density at radius 2 is 1.58 bits per heavy atom. The molecule has 33 heavy (non-hydrogen) atoms. The van der Waals surface area contributed by atoms with E-state index in [1.54, 1.807) is 18.2 Å². The average molecular weight is 458 g/mol. The van der Waals surface area contributed by atoms with Crippen molar-refractivity contribution in [3.63, 3.8) is 0 Å². The number of halogens is 3. The van der Waals surface area contributed by atoms with Crippen molar-refractivity contribution < 1.29 is 17.9 Å². The number of hydrogen-bond donors (Lipinski definition) is 0. The summed E-state index contributed by atoms with van der Waals surface area (Å²) in [5.41, 5.74) is 2.54. The van der Waals surface area contributed by atoms with Gasteiger partial charge in [-0.05, 0) is 106 Å². The van der Waals surface area contributed by atoms with Gasteiger partial charge in [-0.25, -0.2) is 0 Å². The van der Waals surface area contributed by atoms with Crippen molar-refractivity contribution in [1.29, 1.82) is 5.26 Å². The Balaban J connectivity index is 1.39. The van der Waals surface area contributed by atoms with E-state index < -0.39 is 6.36 Å². The number of hydrogen-bond acceptors (Lipinski definition) is 2. The van der Waals surface area contributed by atoms with Crippen LogP contribution in [0.25, 0.3) is 0 Å². The van der Waals surface area contributed by atoms with E-state index in [4.69, 9.17) is 5.26 Å². The van der Waals surface area contributed by atoms with E-state index in [1.807, 2.05) is 12.1 Å². The van der Waals surface area contributed by atoms with Gasteiger partial charge in [0, 0.05) is 6.08 Å². The van der Waals surface area contributed by atoms with Crippen molar-refractivity contribution in [1.82, 2.24) is 0 Å². The molecule has 2 saturated carbocycles. The monoisotopic (exact) mass is 457 g/mol. The minimum atomic E-state index is -4.65. The van der Waals surface area contributed by atoms with Gasteiger partial charge in [-0.15, -0.1) is 13.2 Å². The van der Waals surface area contributed by atoms with Crippen molar-refractivity contribution in [2.75, 3.05) is 0 Å². The molecule has 0 bridgehead atoms. The van der Waals surface area contributed by atoms with Gasteiger partial charge in [-0.3, -0.25) is 0 Å². The predicted octanol–water partition coefficient (Wildman–Crippen LogP) is 8.64. The Hall–Kier alpha value is -2.48. The first kappa shape index (κ1) is 25.1. The molecule has 5 heteroatoms. The number of allylic oxidation sites excluding steroid dienone is 5. The highest BCUT2D eigenvalue weighted by Gasteiger charge is 2.32. The number of rotatable bonds is 8. The maximum Gasteiger partial charge on any atom is 0.573 e. The van der Waals surface area contributed by atoms with Crippen LogP contribution in [-0.4, -0.2) is 6.36 Å². The maximum absolute atomic E-state index is 12.4.